The molecule has 2 aromatic heterocycles. The second-order valence-corrected chi connectivity index (χ2v) is 6.18. The van der Waals surface area contributed by atoms with Crippen LogP contribution in [0.2, 0.25) is 0 Å². The number of aromatic amines is 1. The van der Waals surface area contributed by atoms with Gasteiger partial charge in [0.1, 0.15) is 11.3 Å². The summed E-state index contributed by atoms with van der Waals surface area (Å²) >= 11 is 0. The Morgan fingerprint density at radius 3 is 2.95 bits per heavy atom. The molecule has 1 amide bonds. The third kappa shape index (κ3) is 2.53. The van der Waals surface area contributed by atoms with Crippen molar-refractivity contribution in [3.05, 3.63) is 35.0 Å². The number of nitrogens with one attached hydrogen (secondary N) is 1. The molecule has 1 saturated heterocycles. The average molecular weight is 302 g/mol. The molecule has 3 heterocycles. The Kier molecular flexibility index (Phi) is 4.00. The zero-order chi connectivity index (χ0) is 15.7. The maximum atomic E-state index is 13.1. The quantitative estimate of drug-likeness (QED) is 0.944. The summed E-state index contributed by atoms with van der Waals surface area (Å²) in [6.45, 7) is 6.61. The van der Waals surface area contributed by atoms with E-state index >= 15 is 0 Å². The van der Waals surface area contributed by atoms with Gasteiger partial charge in [0.15, 0.2) is 0 Å². The minimum atomic E-state index is 0.0155. The van der Waals surface area contributed by atoms with Crippen LogP contribution in [0, 0.1) is 6.92 Å². The molecule has 1 fully saturated rings. The van der Waals surface area contributed by atoms with Gasteiger partial charge in [0, 0.05) is 12.7 Å². The lowest BCUT2D eigenvalue weighted by Crippen LogP contribution is -2.39. The second kappa shape index (κ2) is 5.94. The molecule has 0 saturated carbocycles. The van der Waals surface area contributed by atoms with Crippen molar-refractivity contribution < 1.29 is 9.32 Å². The van der Waals surface area contributed by atoms with Crippen LogP contribution in [-0.4, -0.2) is 32.7 Å². The molecule has 118 valence electrons. The van der Waals surface area contributed by atoms with Gasteiger partial charge in [-0.3, -0.25) is 9.89 Å². The van der Waals surface area contributed by atoms with Crippen LogP contribution in [0.1, 0.15) is 72.6 Å². The van der Waals surface area contributed by atoms with E-state index in [4.69, 9.17) is 4.52 Å². The molecule has 0 radical (unpaired) electrons. The van der Waals surface area contributed by atoms with Crippen LogP contribution in [0.4, 0.5) is 0 Å². The van der Waals surface area contributed by atoms with E-state index in [0.717, 1.165) is 37.2 Å². The van der Waals surface area contributed by atoms with Gasteiger partial charge in [-0.2, -0.15) is 5.10 Å². The zero-order valence-corrected chi connectivity index (χ0v) is 13.3. The second-order valence-electron chi connectivity index (χ2n) is 6.18. The first-order valence-electron chi connectivity index (χ1n) is 7.86. The van der Waals surface area contributed by atoms with E-state index in [2.05, 4.69) is 15.4 Å². The third-order valence-electron chi connectivity index (χ3n) is 4.29. The van der Waals surface area contributed by atoms with Crippen molar-refractivity contribution in [1.82, 2.24) is 20.3 Å². The average Bonchev–Trinajstić information content (AvgIpc) is 3.16. The summed E-state index contributed by atoms with van der Waals surface area (Å²) in [4.78, 5) is 15.0. The highest BCUT2D eigenvalue weighted by molar-refractivity contribution is 5.96. The number of H-pyrrole nitrogens is 1. The Morgan fingerprint density at radius 1 is 1.45 bits per heavy atom. The van der Waals surface area contributed by atoms with Crippen molar-refractivity contribution in [2.75, 3.05) is 6.54 Å². The Labute approximate surface area is 129 Å². The SMILES string of the molecule is Cc1onc(C(C)C)c1C(=O)N1CCCCC1c1ccn[nH]1. The molecule has 2 aromatic rings. The summed E-state index contributed by atoms with van der Waals surface area (Å²) in [5, 5.41) is 11.1. The fraction of sp³-hybridized carbons (Fsp3) is 0.562. The van der Waals surface area contributed by atoms with Crippen molar-refractivity contribution in [2.45, 2.75) is 52.0 Å². The Morgan fingerprint density at radius 2 is 2.27 bits per heavy atom. The van der Waals surface area contributed by atoms with Gasteiger partial charge < -0.3 is 9.42 Å². The topological polar surface area (TPSA) is 75.0 Å². The first kappa shape index (κ1) is 14.8. The van der Waals surface area contributed by atoms with E-state index in [1.165, 1.54) is 0 Å². The molecule has 1 aliphatic rings. The largest absolute Gasteiger partial charge is 0.361 e. The Bertz CT molecular complexity index is 645. The number of rotatable bonds is 3. The zero-order valence-electron chi connectivity index (χ0n) is 13.3. The molecule has 0 spiro atoms. The van der Waals surface area contributed by atoms with Crippen LogP contribution in [0.25, 0.3) is 0 Å². The van der Waals surface area contributed by atoms with E-state index in [1.54, 1.807) is 13.1 Å². The number of likely N-dealkylation sites (tertiary alicyclic amines) is 1. The van der Waals surface area contributed by atoms with Gasteiger partial charge in [-0.15, -0.1) is 0 Å². The van der Waals surface area contributed by atoms with Gasteiger partial charge in [-0.25, -0.2) is 0 Å². The number of hydrogen-bond donors (Lipinski definition) is 1. The molecular weight excluding hydrogens is 280 g/mol. The number of carbonyl (C=O) groups excluding carboxylic acids is 1. The third-order valence-corrected chi connectivity index (χ3v) is 4.29. The number of amides is 1. The molecule has 0 aromatic carbocycles. The van der Waals surface area contributed by atoms with E-state index in [9.17, 15) is 4.79 Å². The summed E-state index contributed by atoms with van der Waals surface area (Å²) in [6.07, 6.45) is 4.83. The van der Waals surface area contributed by atoms with Gasteiger partial charge >= 0.3 is 0 Å². The fourth-order valence-corrected chi connectivity index (χ4v) is 3.14. The van der Waals surface area contributed by atoms with Gasteiger partial charge in [0.2, 0.25) is 0 Å². The first-order valence-corrected chi connectivity index (χ1v) is 7.86. The standard InChI is InChI=1S/C16H22N4O2/c1-10(2)15-14(11(3)22-19-15)16(21)20-9-5-4-6-13(20)12-7-8-17-18-12/h7-8,10,13H,4-6,9H2,1-3H3,(H,17,18). The Hall–Kier alpha value is -2.11. The van der Waals surface area contributed by atoms with Gasteiger partial charge in [0.25, 0.3) is 5.91 Å². The molecular formula is C16H22N4O2. The molecule has 0 bridgehead atoms. The molecule has 1 aliphatic heterocycles. The van der Waals surface area contributed by atoms with Crippen LogP contribution in [0.5, 0.6) is 0 Å². The lowest BCUT2D eigenvalue weighted by atomic mass is 9.96. The fourth-order valence-electron chi connectivity index (χ4n) is 3.14. The number of carbonyl (C=O) groups is 1. The van der Waals surface area contributed by atoms with E-state index in [-0.39, 0.29) is 17.9 Å². The van der Waals surface area contributed by atoms with Crippen LogP contribution >= 0.6 is 0 Å². The van der Waals surface area contributed by atoms with Crippen LogP contribution in [0.15, 0.2) is 16.8 Å². The first-order chi connectivity index (χ1) is 10.6. The van der Waals surface area contributed by atoms with Crippen molar-refractivity contribution >= 4 is 5.91 Å². The summed E-state index contributed by atoms with van der Waals surface area (Å²) < 4.78 is 5.28. The predicted octanol–water partition coefficient (Wildman–Crippen LogP) is 3.20. The van der Waals surface area contributed by atoms with Crippen molar-refractivity contribution in [2.24, 2.45) is 0 Å². The summed E-state index contributed by atoms with van der Waals surface area (Å²) in [6, 6.07) is 2.00. The van der Waals surface area contributed by atoms with Crippen molar-refractivity contribution in [1.29, 1.82) is 0 Å². The lowest BCUT2D eigenvalue weighted by Gasteiger charge is -2.35. The van der Waals surface area contributed by atoms with Crippen LogP contribution < -0.4 is 0 Å². The smallest absolute Gasteiger partial charge is 0.259 e. The number of aryl methyl sites for hydroxylation is 1. The van der Waals surface area contributed by atoms with E-state index in [1.807, 2.05) is 24.8 Å². The highest BCUT2D eigenvalue weighted by atomic mass is 16.5. The molecule has 3 rings (SSSR count). The predicted molar refractivity (Wildman–Crippen MR) is 81.5 cm³/mol. The van der Waals surface area contributed by atoms with Crippen molar-refractivity contribution in [3.63, 3.8) is 0 Å². The lowest BCUT2D eigenvalue weighted by molar-refractivity contribution is 0.0603. The summed E-state index contributed by atoms with van der Waals surface area (Å²) in [5.41, 5.74) is 2.37. The minimum absolute atomic E-state index is 0.0155. The molecule has 0 aliphatic carbocycles. The Balaban J connectivity index is 1.94. The highest BCUT2D eigenvalue weighted by Gasteiger charge is 2.33. The number of hydrogen-bond acceptors (Lipinski definition) is 4. The molecule has 1 unspecified atom stereocenters. The molecule has 1 atom stereocenters. The summed E-state index contributed by atoms with van der Waals surface area (Å²) in [7, 11) is 0. The summed E-state index contributed by atoms with van der Waals surface area (Å²) in [5.74, 6) is 0.774. The molecule has 6 nitrogen and oxygen atoms in total. The molecule has 22 heavy (non-hydrogen) atoms. The van der Waals surface area contributed by atoms with Gasteiger partial charge in [0.05, 0.1) is 17.4 Å². The van der Waals surface area contributed by atoms with Gasteiger partial charge in [-0.1, -0.05) is 19.0 Å². The number of nitrogens with zero attached hydrogens (tertiary/aromatic N) is 3. The number of aromatic nitrogens is 3. The maximum absolute atomic E-state index is 13.1. The maximum Gasteiger partial charge on any atom is 0.259 e. The van der Waals surface area contributed by atoms with Gasteiger partial charge in [-0.05, 0) is 38.2 Å². The number of piperidine rings is 1. The molecule has 1 N–H and O–H groups in total. The van der Waals surface area contributed by atoms with Crippen LogP contribution in [0.3, 0.4) is 0 Å². The minimum Gasteiger partial charge on any atom is -0.361 e. The molecule has 6 heteroatoms. The normalized spacial score (nSPS) is 18.9. The van der Waals surface area contributed by atoms with Crippen LogP contribution in [-0.2, 0) is 0 Å². The van der Waals surface area contributed by atoms with E-state index in [0.29, 0.717) is 11.3 Å². The van der Waals surface area contributed by atoms with Crippen molar-refractivity contribution in [3.8, 4) is 0 Å². The monoisotopic (exact) mass is 302 g/mol. The highest BCUT2D eigenvalue weighted by Crippen LogP contribution is 2.33. The van der Waals surface area contributed by atoms with E-state index < -0.39 is 0 Å².